The van der Waals surface area contributed by atoms with Crippen molar-refractivity contribution < 1.29 is 23.8 Å². The largest absolute Gasteiger partial charge is 0.494 e. The van der Waals surface area contributed by atoms with Crippen molar-refractivity contribution in [2.45, 2.75) is 33.7 Å². The summed E-state index contributed by atoms with van der Waals surface area (Å²) in [5.41, 5.74) is 4.34. The molecule has 3 N–H and O–H groups in total. The molecule has 0 atom stereocenters. The number of nitrogens with one attached hydrogen (secondary N) is 2. The van der Waals surface area contributed by atoms with Crippen molar-refractivity contribution in [2.75, 3.05) is 11.9 Å². The van der Waals surface area contributed by atoms with Crippen molar-refractivity contribution in [3.8, 4) is 0 Å². The molecule has 11 nitrogen and oxygen atoms in total. The van der Waals surface area contributed by atoms with Crippen LogP contribution in [0.15, 0.2) is 41.5 Å². The van der Waals surface area contributed by atoms with E-state index in [9.17, 15) is 9.59 Å². The highest BCUT2D eigenvalue weighted by molar-refractivity contribution is 6.31. The zero-order valence-corrected chi connectivity index (χ0v) is 21.7. The zero-order valence-electron chi connectivity index (χ0n) is 21.0. The number of carbonyl (C=O) groups is 2. The Balaban J connectivity index is 1.49. The number of rotatable bonds is 9. The highest BCUT2D eigenvalue weighted by atomic mass is 35.5. The minimum absolute atomic E-state index is 0.149. The zero-order chi connectivity index (χ0) is 27.4. The Labute approximate surface area is 222 Å². The first-order valence-corrected chi connectivity index (χ1v) is 12.0. The maximum atomic E-state index is 12.7. The van der Waals surface area contributed by atoms with E-state index >= 15 is 0 Å². The molecule has 0 fully saturated rings. The Kier molecular flexibility index (Phi) is 7.87. The summed E-state index contributed by atoms with van der Waals surface area (Å²) in [7, 11) is 0. The normalized spacial score (nSPS) is 10.8. The lowest BCUT2D eigenvalue weighted by atomic mass is 10.0. The van der Waals surface area contributed by atoms with E-state index in [0.717, 1.165) is 27.6 Å². The highest BCUT2D eigenvalue weighted by Crippen LogP contribution is 2.28. The topological polar surface area (TPSA) is 152 Å². The van der Waals surface area contributed by atoms with Crippen LogP contribution in [0, 0.1) is 13.8 Å². The molecule has 1 aromatic carbocycles. The number of aryl methyl sites for hydroxylation is 2. The number of hydrogen-bond donors (Lipinski definition) is 3. The van der Waals surface area contributed by atoms with Crippen LogP contribution >= 0.6 is 11.6 Å². The molecule has 0 radical (unpaired) electrons. The van der Waals surface area contributed by atoms with Crippen LogP contribution in [-0.4, -0.2) is 43.9 Å². The van der Waals surface area contributed by atoms with Gasteiger partial charge in [0.15, 0.2) is 0 Å². The first-order chi connectivity index (χ1) is 18.1. The quantitative estimate of drug-likeness (QED) is 0.253. The lowest BCUT2D eigenvalue weighted by Gasteiger charge is -2.12. The van der Waals surface area contributed by atoms with Gasteiger partial charge in [-0.25, -0.2) is 9.78 Å². The summed E-state index contributed by atoms with van der Waals surface area (Å²) in [6, 6.07) is 7.18. The monoisotopic (exact) mass is 536 g/mol. The van der Waals surface area contributed by atoms with Crippen molar-refractivity contribution in [3.05, 3.63) is 81.8 Å². The Morgan fingerprint density at radius 1 is 1.18 bits per heavy atom. The van der Waals surface area contributed by atoms with Gasteiger partial charge < -0.3 is 19.6 Å². The fraction of sp³-hybridized carbons (Fsp3) is 0.231. The molecule has 4 aromatic rings. The van der Waals surface area contributed by atoms with Crippen LogP contribution in [-0.2, 0) is 17.7 Å². The molecule has 0 aliphatic rings. The summed E-state index contributed by atoms with van der Waals surface area (Å²) in [6.45, 7) is 10.0. The van der Waals surface area contributed by atoms with Crippen LogP contribution < -0.4 is 10.6 Å². The van der Waals surface area contributed by atoms with Gasteiger partial charge in [-0.3, -0.25) is 15.1 Å². The Bertz CT molecular complexity index is 1530. The average Bonchev–Trinajstić information content (AvgIpc) is 3.31. The number of carboxylic acid groups (broad SMARTS) is 1. The molecule has 0 aliphatic heterocycles. The summed E-state index contributed by atoms with van der Waals surface area (Å²) in [5.74, 6) is 0.207. The smallest absolute Gasteiger partial charge is 0.410 e. The predicted molar refractivity (Wildman–Crippen MR) is 141 cm³/mol. The average molecular weight is 537 g/mol. The third kappa shape index (κ3) is 6.06. The van der Waals surface area contributed by atoms with Gasteiger partial charge in [0.2, 0.25) is 5.89 Å². The number of benzene rings is 1. The number of amides is 2. The molecule has 0 bridgehead atoms. The first kappa shape index (κ1) is 26.6. The number of pyridine rings is 2. The molecular formula is C26H25ClN6O5. The van der Waals surface area contributed by atoms with E-state index in [1.54, 1.807) is 32.2 Å². The van der Waals surface area contributed by atoms with E-state index in [-0.39, 0.29) is 30.6 Å². The molecule has 0 spiro atoms. The summed E-state index contributed by atoms with van der Waals surface area (Å²) < 4.78 is 11.2. The third-order valence-corrected chi connectivity index (χ3v) is 5.87. The van der Waals surface area contributed by atoms with Crippen LogP contribution in [0.2, 0.25) is 5.02 Å². The number of ether oxygens (including phenoxy) is 1. The molecule has 4 rings (SSSR count). The summed E-state index contributed by atoms with van der Waals surface area (Å²) in [6.07, 6.45) is 0.620. The van der Waals surface area contributed by atoms with Crippen molar-refractivity contribution in [2.24, 2.45) is 0 Å². The van der Waals surface area contributed by atoms with Gasteiger partial charge in [-0.2, -0.15) is 0 Å². The van der Waals surface area contributed by atoms with Crippen molar-refractivity contribution in [1.29, 1.82) is 0 Å². The van der Waals surface area contributed by atoms with Gasteiger partial charge in [-0.1, -0.05) is 18.2 Å². The molecule has 196 valence electrons. The molecule has 3 heterocycles. The maximum Gasteiger partial charge on any atom is 0.410 e. The van der Waals surface area contributed by atoms with E-state index in [0.29, 0.717) is 28.6 Å². The first-order valence-electron chi connectivity index (χ1n) is 11.6. The molecule has 2 amide bonds. The van der Waals surface area contributed by atoms with Crippen molar-refractivity contribution in [3.63, 3.8) is 0 Å². The highest BCUT2D eigenvalue weighted by Gasteiger charge is 2.18. The molecule has 12 heteroatoms. The van der Waals surface area contributed by atoms with Gasteiger partial charge in [0.1, 0.15) is 11.6 Å². The third-order valence-electron chi connectivity index (χ3n) is 5.66. The fourth-order valence-electron chi connectivity index (χ4n) is 3.99. The number of halogens is 1. The van der Waals surface area contributed by atoms with Crippen LogP contribution in [0.3, 0.4) is 0 Å². The Morgan fingerprint density at radius 2 is 1.97 bits per heavy atom. The van der Waals surface area contributed by atoms with Crippen LogP contribution in [0.5, 0.6) is 0 Å². The maximum absolute atomic E-state index is 12.7. The van der Waals surface area contributed by atoms with Crippen molar-refractivity contribution >= 4 is 46.1 Å². The number of nitrogens with zero attached hydrogens (tertiary/aromatic N) is 4. The fourth-order valence-corrected chi connectivity index (χ4v) is 4.15. The van der Waals surface area contributed by atoms with Gasteiger partial charge >= 0.3 is 17.9 Å². The molecule has 0 saturated carbocycles. The van der Waals surface area contributed by atoms with E-state index in [1.165, 1.54) is 0 Å². The SMILES string of the molecule is C=C(OCC)c1cc(Cc2nnc(C(=O)NCc3c(C)cc(NC(=O)O)nc3C)o2)cc2cc(Cl)cnc12. The minimum Gasteiger partial charge on any atom is -0.494 e. The van der Waals surface area contributed by atoms with E-state index in [1.807, 2.05) is 19.1 Å². The minimum atomic E-state index is -1.20. The second-order valence-electron chi connectivity index (χ2n) is 8.40. The summed E-state index contributed by atoms with van der Waals surface area (Å²) in [5, 5.41) is 23.0. The van der Waals surface area contributed by atoms with Gasteiger partial charge in [-0.05, 0) is 61.7 Å². The van der Waals surface area contributed by atoms with E-state index < -0.39 is 12.0 Å². The second kappa shape index (κ2) is 11.3. The Morgan fingerprint density at radius 3 is 2.68 bits per heavy atom. The van der Waals surface area contributed by atoms with Gasteiger partial charge in [0.25, 0.3) is 0 Å². The number of carbonyl (C=O) groups excluding carboxylic acids is 1. The molecular weight excluding hydrogens is 512 g/mol. The number of hydrogen-bond acceptors (Lipinski definition) is 8. The van der Waals surface area contributed by atoms with Crippen molar-refractivity contribution in [1.82, 2.24) is 25.5 Å². The predicted octanol–water partition coefficient (Wildman–Crippen LogP) is 4.90. The second-order valence-corrected chi connectivity index (χ2v) is 8.84. The van der Waals surface area contributed by atoms with E-state index in [4.69, 9.17) is 25.9 Å². The van der Waals surface area contributed by atoms with Crippen LogP contribution in [0.4, 0.5) is 10.6 Å². The standard InChI is InChI=1S/C26H25ClN6O5/c1-5-37-15(4)19-8-16(7-17-10-18(27)11-28-23(17)19)9-22-32-33-25(38-22)24(34)29-12-20-13(2)6-21(30-14(20)3)31-26(35)36/h6-8,10-11H,4-5,9,12H2,1-3H3,(H,29,34)(H,30,31)(H,35,36). The molecule has 0 aliphatic carbocycles. The van der Waals surface area contributed by atoms with Gasteiger partial charge in [0.05, 0.1) is 23.6 Å². The van der Waals surface area contributed by atoms with Crippen LogP contribution in [0.25, 0.3) is 16.7 Å². The lowest BCUT2D eigenvalue weighted by molar-refractivity contribution is 0.0914. The lowest BCUT2D eigenvalue weighted by Crippen LogP contribution is -2.24. The van der Waals surface area contributed by atoms with Crippen LogP contribution in [0.1, 0.15) is 51.4 Å². The molecule has 38 heavy (non-hydrogen) atoms. The molecule has 3 aromatic heterocycles. The number of aromatic nitrogens is 4. The Hall–Kier alpha value is -4.51. The van der Waals surface area contributed by atoms with Gasteiger partial charge in [-0.15, -0.1) is 10.2 Å². The summed E-state index contributed by atoms with van der Waals surface area (Å²) >= 11 is 6.15. The number of fused-ring (bicyclic) bond motifs is 1. The van der Waals surface area contributed by atoms with E-state index in [2.05, 4.69) is 37.4 Å². The molecule has 0 unspecified atom stereocenters. The summed E-state index contributed by atoms with van der Waals surface area (Å²) in [4.78, 5) is 32.2. The number of anilines is 1. The van der Waals surface area contributed by atoms with Gasteiger partial charge in [0, 0.05) is 29.4 Å². The molecule has 0 saturated heterocycles.